The molecule has 2 rings (SSSR count). The summed E-state index contributed by atoms with van der Waals surface area (Å²) in [7, 11) is 0. The van der Waals surface area contributed by atoms with Crippen molar-refractivity contribution >= 4 is 5.97 Å². The first-order valence-corrected chi connectivity index (χ1v) is 5.82. The molecule has 1 unspecified atom stereocenters. The Bertz CT molecular complexity index is 255. The highest BCUT2D eigenvalue weighted by Gasteiger charge is 2.43. The lowest BCUT2D eigenvalue weighted by molar-refractivity contribution is -0.147. The highest BCUT2D eigenvalue weighted by molar-refractivity contribution is 5.71. The Labute approximate surface area is 95.0 Å². The summed E-state index contributed by atoms with van der Waals surface area (Å²) in [4.78, 5) is 12.6. The number of hydrogen-bond acceptors (Lipinski definition) is 4. The monoisotopic (exact) mass is 229 g/mol. The van der Waals surface area contributed by atoms with Crippen molar-refractivity contribution in [1.82, 2.24) is 4.90 Å². The summed E-state index contributed by atoms with van der Waals surface area (Å²) in [5.74, 6) is -1.12. The number of rotatable bonds is 4. The lowest BCUT2D eigenvalue weighted by Gasteiger charge is -2.52. The molecule has 2 fully saturated rings. The third-order valence-electron chi connectivity index (χ3n) is 3.68. The molecule has 0 aromatic rings. The Hall–Kier alpha value is -0.650. The van der Waals surface area contributed by atoms with Gasteiger partial charge in [0.1, 0.15) is 0 Å². The van der Waals surface area contributed by atoms with Crippen molar-refractivity contribution in [2.24, 2.45) is 5.41 Å². The summed E-state index contributed by atoms with van der Waals surface area (Å²) in [6, 6.07) is 0. The van der Waals surface area contributed by atoms with Crippen molar-refractivity contribution in [2.45, 2.75) is 25.4 Å². The van der Waals surface area contributed by atoms with Crippen LogP contribution in [0.25, 0.3) is 0 Å². The normalized spacial score (nSPS) is 26.3. The van der Waals surface area contributed by atoms with Crippen molar-refractivity contribution in [3.8, 4) is 0 Å². The summed E-state index contributed by atoms with van der Waals surface area (Å²) in [6.07, 6.45) is 1.34. The number of aliphatic hydroxyl groups excluding tert-OH is 1. The van der Waals surface area contributed by atoms with E-state index in [0.717, 1.165) is 39.1 Å². The number of likely N-dealkylation sites (tertiary alicyclic amines) is 1. The van der Waals surface area contributed by atoms with E-state index in [9.17, 15) is 4.79 Å². The van der Waals surface area contributed by atoms with Gasteiger partial charge in [0.15, 0.2) is 6.10 Å². The number of ether oxygens (including phenoxy) is 1. The van der Waals surface area contributed by atoms with E-state index >= 15 is 0 Å². The summed E-state index contributed by atoms with van der Waals surface area (Å²) in [6.45, 7) is 4.44. The van der Waals surface area contributed by atoms with Gasteiger partial charge in [-0.3, -0.25) is 0 Å². The topological polar surface area (TPSA) is 70.0 Å². The highest BCUT2D eigenvalue weighted by atomic mass is 16.5. The van der Waals surface area contributed by atoms with Crippen LogP contribution in [0.15, 0.2) is 0 Å². The van der Waals surface area contributed by atoms with E-state index in [2.05, 4.69) is 4.90 Å². The van der Waals surface area contributed by atoms with Gasteiger partial charge in [-0.1, -0.05) is 0 Å². The molecule has 2 heterocycles. The van der Waals surface area contributed by atoms with Crippen molar-refractivity contribution < 1.29 is 19.7 Å². The molecule has 0 radical (unpaired) electrons. The molecule has 0 aromatic heterocycles. The zero-order chi connectivity index (χ0) is 11.6. The third kappa shape index (κ3) is 2.53. The summed E-state index contributed by atoms with van der Waals surface area (Å²) in [5.41, 5.74) is 0.423. The molecular formula is C11H19NO4. The van der Waals surface area contributed by atoms with Gasteiger partial charge >= 0.3 is 5.97 Å². The quantitative estimate of drug-likeness (QED) is 0.706. The van der Waals surface area contributed by atoms with Crippen molar-refractivity contribution in [3.63, 3.8) is 0 Å². The zero-order valence-corrected chi connectivity index (χ0v) is 9.39. The number of carboxylic acids is 1. The van der Waals surface area contributed by atoms with Gasteiger partial charge in [-0.05, 0) is 19.3 Å². The van der Waals surface area contributed by atoms with Gasteiger partial charge in [0, 0.05) is 38.3 Å². The molecule has 2 saturated heterocycles. The fourth-order valence-corrected chi connectivity index (χ4v) is 2.61. The molecule has 0 bridgehead atoms. The fraction of sp³-hybridized carbons (Fsp3) is 0.909. The Morgan fingerprint density at radius 2 is 2.00 bits per heavy atom. The molecule has 2 aliphatic rings. The van der Waals surface area contributed by atoms with Gasteiger partial charge in [-0.15, -0.1) is 0 Å². The van der Waals surface area contributed by atoms with Crippen LogP contribution in [0.4, 0.5) is 0 Å². The fourth-order valence-electron chi connectivity index (χ4n) is 2.61. The molecule has 0 saturated carbocycles. The summed E-state index contributed by atoms with van der Waals surface area (Å²) < 4.78 is 5.33. The van der Waals surface area contributed by atoms with Crippen LogP contribution in [-0.2, 0) is 9.53 Å². The molecular weight excluding hydrogens is 210 g/mol. The highest BCUT2D eigenvalue weighted by Crippen LogP contribution is 2.39. The number of carbonyl (C=O) groups is 1. The standard InChI is InChI=1S/C11H19NO4/c13-9(10(14)15)1-4-12-7-11(8-12)2-5-16-6-3-11/h9,13H,1-8H2,(H,14,15). The maximum Gasteiger partial charge on any atom is 0.332 e. The smallest absolute Gasteiger partial charge is 0.332 e. The Kier molecular flexibility index (Phi) is 3.47. The van der Waals surface area contributed by atoms with Gasteiger partial charge in [0.25, 0.3) is 0 Å². The molecule has 2 aliphatic heterocycles. The maximum absolute atomic E-state index is 10.4. The van der Waals surface area contributed by atoms with Crippen molar-refractivity contribution in [3.05, 3.63) is 0 Å². The minimum atomic E-state index is -1.22. The van der Waals surface area contributed by atoms with Crippen LogP contribution in [0.1, 0.15) is 19.3 Å². The molecule has 2 N–H and O–H groups in total. The van der Waals surface area contributed by atoms with Gasteiger partial charge < -0.3 is 19.8 Å². The molecule has 16 heavy (non-hydrogen) atoms. The predicted octanol–water partition coefficient (Wildman–Crippen LogP) is -0.0656. The first-order chi connectivity index (χ1) is 7.61. The number of aliphatic carboxylic acids is 1. The Morgan fingerprint density at radius 1 is 1.38 bits per heavy atom. The predicted molar refractivity (Wildman–Crippen MR) is 57.2 cm³/mol. The van der Waals surface area contributed by atoms with Crippen LogP contribution in [0.5, 0.6) is 0 Å². The van der Waals surface area contributed by atoms with E-state index in [1.54, 1.807) is 0 Å². The van der Waals surface area contributed by atoms with Crippen LogP contribution >= 0.6 is 0 Å². The number of nitrogens with zero attached hydrogens (tertiary/aromatic N) is 1. The van der Waals surface area contributed by atoms with Gasteiger partial charge in [-0.2, -0.15) is 0 Å². The van der Waals surface area contributed by atoms with Crippen LogP contribution in [-0.4, -0.2) is 60.0 Å². The molecule has 0 aliphatic carbocycles. The largest absolute Gasteiger partial charge is 0.479 e. The van der Waals surface area contributed by atoms with E-state index in [-0.39, 0.29) is 0 Å². The average Bonchev–Trinajstić information content (AvgIpc) is 2.24. The van der Waals surface area contributed by atoms with Gasteiger partial charge in [0.2, 0.25) is 0 Å². The van der Waals surface area contributed by atoms with E-state index in [1.807, 2.05) is 0 Å². The number of carboxylic acid groups (broad SMARTS) is 1. The van der Waals surface area contributed by atoms with E-state index in [4.69, 9.17) is 14.9 Å². The zero-order valence-electron chi connectivity index (χ0n) is 9.39. The van der Waals surface area contributed by atoms with Crippen molar-refractivity contribution in [1.29, 1.82) is 0 Å². The first kappa shape index (κ1) is 11.8. The third-order valence-corrected chi connectivity index (χ3v) is 3.68. The van der Waals surface area contributed by atoms with Crippen LogP contribution in [0.2, 0.25) is 0 Å². The van der Waals surface area contributed by atoms with Crippen LogP contribution < -0.4 is 0 Å². The number of aliphatic hydroxyl groups is 1. The van der Waals surface area contributed by atoms with E-state index in [0.29, 0.717) is 18.4 Å². The second kappa shape index (κ2) is 4.69. The molecule has 92 valence electrons. The van der Waals surface area contributed by atoms with Crippen LogP contribution in [0, 0.1) is 5.41 Å². The molecule has 5 nitrogen and oxygen atoms in total. The molecule has 0 amide bonds. The second-order valence-electron chi connectivity index (χ2n) is 4.97. The van der Waals surface area contributed by atoms with Gasteiger partial charge in [0.05, 0.1) is 0 Å². The van der Waals surface area contributed by atoms with Crippen LogP contribution in [0.3, 0.4) is 0 Å². The first-order valence-electron chi connectivity index (χ1n) is 5.82. The lowest BCUT2D eigenvalue weighted by Crippen LogP contribution is -2.58. The SMILES string of the molecule is O=C(O)C(O)CCN1CC2(CCOCC2)C1. The minimum Gasteiger partial charge on any atom is -0.479 e. The Balaban J connectivity index is 1.66. The summed E-state index contributed by atoms with van der Waals surface area (Å²) >= 11 is 0. The lowest BCUT2D eigenvalue weighted by atomic mass is 9.73. The molecule has 1 atom stereocenters. The van der Waals surface area contributed by atoms with Gasteiger partial charge in [-0.25, -0.2) is 4.79 Å². The summed E-state index contributed by atoms with van der Waals surface area (Å²) in [5, 5.41) is 17.7. The van der Waals surface area contributed by atoms with Crippen molar-refractivity contribution in [2.75, 3.05) is 32.8 Å². The molecule has 5 heteroatoms. The minimum absolute atomic E-state index is 0.321. The van der Waals surface area contributed by atoms with E-state index in [1.165, 1.54) is 0 Å². The molecule has 1 spiro atoms. The maximum atomic E-state index is 10.4. The molecule has 0 aromatic carbocycles. The Morgan fingerprint density at radius 3 is 2.56 bits per heavy atom. The second-order valence-corrected chi connectivity index (χ2v) is 4.97. The average molecular weight is 229 g/mol. The number of hydrogen-bond donors (Lipinski definition) is 2. The van der Waals surface area contributed by atoms with E-state index < -0.39 is 12.1 Å².